The predicted molar refractivity (Wildman–Crippen MR) is 80.6 cm³/mol. The zero-order valence-corrected chi connectivity index (χ0v) is 11.4. The summed E-state index contributed by atoms with van der Waals surface area (Å²) < 4.78 is 0. The number of fused-ring (bicyclic) bond motifs is 5. The highest BCUT2D eigenvalue weighted by Gasteiger charge is 2.20. The maximum absolute atomic E-state index is 2.36. The van der Waals surface area contributed by atoms with Crippen molar-refractivity contribution in [2.24, 2.45) is 0 Å². The molecular weight excluding hydrogens is 228 g/mol. The van der Waals surface area contributed by atoms with Gasteiger partial charge in [0.05, 0.1) is 0 Å². The van der Waals surface area contributed by atoms with E-state index in [-0.39, 0.29) is 0 Å². The Hall–Kier alpha value is -1.82. The van der Waals surface area contributed by atoms with Crippen LogP contribution in [0.5, 0.6) is 0 Å². The summed E-state index contributed by atoms with van der Waals surface area (Å²) >= 11 is 0. The van der Waals surface area contributed by atoms with Gasteiger partial charge in [-0.15, -0.1) is 0 Å². The molecule has 0 bridgehead atoms. The van der Waals surface area contributed by atoms with Gasteiger partial charge >= 0.3 is 0 Å². The number of hydrogen-bond acceptors (Lipinski definition) is 0. The van der Waals surface area contributed by atoms with Crippen molar-refractivity contribution in [2.45, 2.75) is 32.6 Å². The summed E-state index contributed by atoms with van der Waals surface area (Å²) in [5, 5.41) is 0. The van der Waals surface area contributed by atoms with Crippen molar-refractivity contribution in [1.29, 1.82) is 0 Å². The first-order valence-corrected chi connectivity index (χ1v) is 7.21. The molecule has 0 radical (unpaired) electrons. The monoisotopic (exact) mass is 246 g/mol. The highest BCUT2D eigenvalue weighted by molar-refractivity contribution is 5.75. The molecule has 4 rings (SSSR count). The first kappa shape index (κ1) is 11.0. The minimum Gasteiger partial charge on any atom is -0.0838 e. The number of benzene rings is 2. The molecule has 0 atom stereocenters. The van der Waals surface area contributed by atoms with E-state index in [0.29, 0.717) is 0 Å². The Bertz CT molecular complexity index is 689. The molecule has 0 spiro atoms. The summed E-state index contributed by atoms with van der Waals surface area (Å²) in [4.78, 5) is 0. The van der Waals surface area contributed by atoms with Crippen LogP contribution >= 0.6 is 0 Å². The third-order valence-electron chi connectivity index (χ3n) is 4.55. The first-order valence-electron chi connectivity index (χ1n) is 7.21. The van der Waals surface area contributed by atoms with Gasteiger partial charge in [0.15, 0.2) is 0 Å². The van der Waals surface area contributed by atoms with E-state index in [1.54, 1.807) is 11.1 Å². The van der Waals surface area contributed by atoms with Gasteiger partial charge in [0.2, 0.25) is 0 Å². The van der Waals surface area contributed by atoms with E-state index in [1.165, 1.54) is 40.7 Å². The van der Waals surface area contributed by atoms with Crippen LogP contribution in [0.25, 0.3) is 11.1 Å². The van der Waals surface area contributed by atoms with Crippen molar-refractivity contribution in [2.75, 3.05) is 0 Å². The Morgan fingerprint density at radius 3 is 2.53 bits per heavy atom. The zero-order chi connectivity index (χ0) is 12.8. The molecule has 0 saturated carbocycles. The van der Waals surface area contributed by atoms with Gasteiger partial charge in [-0.1, -0.05) is 48.0 Å². The molecule has 2 aromatic rings. The van der Waals surface area contributed by atoms with Crippen molar-refractivity contribution in [3.63, 3.8) is 0 Å². The molecule has 2 aliphatic rings. The van der Waals surface area contributed by atoms with Gasteiger partial charge in [-0.3, -0.25) is 0 Å². The largest absolute Gasteiger partial charge is 0.0838 e. The van der Waals surface area contributed by atoms with E-state index < -0.39 is 0 Å². The first-order chi connectivity index (χ1) is 9.33. The molecule has 2 aromatic carbocycles. The van der Waals surface area contributed by atoms with Crippen molar-refractivity contribution >= 4 is 0 Å². The molecule has 0 aromatic heterocycles. The quantitative estimate of drug-likeness (QED) is 0.604. The normalized spacial score (nSPS) is 15.6. The fraction of sp³-hybridized carbons (Fsp3) is 0.263. The maximum atomic E-state index is 2.36. The third kappa shape index (κ3) is 1.67. The summed E-state index contributed by atoms with van der Waals surface area (Å²) in [6, 6.07) is 11.6. The topological polar surface area (TPSA) is 0 Å². The molecule has 2 aliphatic carbocycles. The molecule has 94 valence electrons. The standard InChI is InChI=1S/C19H18/c1-13-6-9-17-15(12-13)8-11-18-16-5-3-2-4-14(16)7-10-19(17)18/h2-3,6-7,9-10,12H,4-5,8,11H2,1H3. The maximum Gasteiger partial charge on any atom is -0.00915 e. The zero-order valence-electron chi connectivity index (χ0n) is 11.4. The molecule has 0 N–H and O–H groups in total. The summed E-state index contributed by atoms with van der Waals surface area (Å²) in [5.74, 6) is 0. The number of hydrogen-bond donors (Lipinski definition) is 0. The molecule has 0 aliphatic heterocycles. The summed E-state index contributed by atoms with van der Waals surface area (Å²) in [7, 11) is 0. The fourth-order valence-corrected chi connectivity index (χ4v) is 3.59. The van der Waals surface area contributed by atoms with Crippen LogP contribution in [-0.4, -0.2) is 0 Å². The second kappa shape index (κ2) is 4.09. The summed E-state index contributed by atoms with van der Waals surface area (Å²) in [6.07, 6.45) is 9.28. The Kier molecular flexibility index (Phi) is 2.38. The molecule has 0 amide bonds. The van der Waals surface area contributed by atoms with Crippen LogP contribution in [0.1, 0.15) is 27.8 Å². The van der Waals surface area contributed by atoms with Crippen LogP contribution < -0.4 is 0 Å². The molecule has 0 heterocycles. The average molecular weight is 246 g/mol. The van der Waals surface area contributed by atoms with Crippen LogP contribution in [0.4, 0.5) is 0 Å². The number of allylic oxidation sites excluding steroid dienone is 2. The summed E-state index contributed by atoms with van der Waals surface area (Å²) in [5.41, 5.74) is 10.6. The second-order valence-corrected chi connectivity index (χ2v) is 5.77. The van der Waals surface area contributed by atoms with E-state index in [4.69, 9.17) is 0 Å². The van der Waals surface area contributed by atoms with E-state index in [2.05, 4.69) is 49.4 Å². The van der Waals surface area contributed by atoms with E-state index in [1.807, 2.05) is 0 Å². The Labute approximate surface area is 114 Å². The molecule has 19 heavy (non-hydrogen) atoms. The van der Waals surface area contributed by atoms with Crippen LogP contribution in [0, 0.1) is 6.92 Å². The van der Waals surface area contributed by atoms with Crippen molar-refractivity contribution < 1.29 is 0 Å². The minimum atomic E-state index is 1.11. The molecule has 0 nitrogen and oxygen atoms in total. The third-order valence-corrected chi connectivity index (χ3v) is 4.55. The van der Waals surface area contributed by atoms with Gasteiger partial charge in [-0.25, -0.2) is 0 Å². The predicted octanol–water partition coefficient (Wildman–Crippen LogP) is 4.42. The van der Waals surface area contributed by atoms with Gasteiger partial charge in [-0.2, -0.15) is 0 Å². The lowest BCUT2D eigenvalue weighted by Crippen LogP contribution is -2.10. The lowest BCUT2D eigenvalue weighted by atomic mass is 9.79. The van der Waals surface area contributed by atoms with Crippen molar-refractivity contribution in [3.05, 3.63) is 70.3 Å². The fourth-order valence-electron chi connectivity index (χ4n) is 3.59. The van der Waals surface area contributed by atoms with Crippen LogP contribution in [0.2, 0.25) is 0 Å². The van der Waals surface area contributed by atoms with Crippen molar-refractivity contribution in [3.8, 4) is 11.1 Å². The van der Waals surface area contributed by atoms with Crippen LogP contribution in [0.3, 0.4) is 0 Å². The smallest absolute Gasteiger partial charge is 0.00915 e. The Morgan fingerprint density at radius 1 is 0.737 bits per heavy atom. The molecule has 0 heteroatoms. The number of rotatable bonds is 0. The van der Waals surface area contributed by atoms with Crippen molar-refractivity contribution in [1.82, 2.24) is 0 Å². The van der Waals surface area contributed by atoms with E-state index in [0.717, 1.165) is 12.8 Å². The van der Waals surface area contributed by atoms with E-state index >= 15 is 0 Å². The molecule has 0 unspecified atom stereocenters. The second-order valence-electron chi connectivity index (χ2n) is 5.77. The Morgan fingerprint density at radius 2 is 1.58 bits per heavy atom. The lowest BCUT2D eigenvalue weighted by molar-refractivity contribution is 0.907. The lowest BCUT2D eigenvalue weighted by Gasteiger charge is -2.25. The van der Waals surface area contributed by atoms with Gasteiger partial charge in [0.1, 0.15) is 0 Å². The Balaban J connectivity index is 1.94. The van der Waals surface area contributed by atoms with Crippen LogP contribution in [-0.2, 0) is 25.7 Å². The highest BCUT2D eigenvalue weighted by atomic mass is 14.2. The highest BCUT2D eigenvalue weighted by Crippen LogP contribution is 2.38. The van der Waals surface area contributed by atoms with Crippen LogP contribution in [0.15, 0.2) is 42.5 Å². The SMILES string of the molecule is Cc1ccc2c(c1)CCc1c-2ccc2c1CC=CC2. The van der Waals surface area contributed by atoms with E-state index in [9.17, 15) is 0 Å². The summed E-state index contributed by atoms with van der Waals surface area (Å²) in [6.45, 7) is 2.19. The molecule has 0 fully saturated rings. The van der Waals surface area contributed by atoms with Gasteiger partial charge < -0.3 is 0 Å². The molecule has 0 saturated heterocycles. The van der Waals surface area contributed by atoms with Gasteiger partial charge in [0, 0.05) is 0 Å². The van der Waals surface area contributed by atoms with Gasteiger partial charge in [-0.05, 0) is 66.0 Å². The molecular formula is C19H18. The number of aryl methyl sites for hydroxylation is 2. The average Bonchev–Trinajstić information content (AvgIpc) is 2.46. The van der Waals surface area contributed by atoms with Gasteiger partial charge in [0.25, 0.3) is 0 Å². The minimum absolute atomic E-state index is 1.11.